The van der Waals surface area contributed by atoms with Gasteiger partial charge in [0.2, 0.25) is 5.16 Å². The van der Waals surface area contributed by atoms with Gasteiger partial charge in [-0.2, -0.15) is 9.50 Å². The van der Waals surface area contributed by atoms with Crippen molar-refractivity contribution in [3.05, 3.63) is 92.8 Å². The Kier molecular flexibility index (Phi) is 5.87. The van der Waals surface area contributed by atoms with E-state index < -0.39 is 4.92 Å². The summed E-state index contributed by atoms with van der Waals surface area (Å²) in [6.45, 7) is 4.34. The number of thioether (sulfide) groups is 1. The third-order valence-corrected chi connectivity index (χ3v) is 7.12. The van der Waals surface area contributed by atoms with E-state index in [1.54, 1.807) is 22.8 Å². The van der Waals surface area contributed by atoms with Gasteiger partial charge in [0, 0.05) is 30.5 Å². The summed E-state index contributed by atoms with van der Waals surface area (Å²) >= 11 is 1.43. The number of ketones is 1. The first-order chi connectivity index (χ1) is 16.4. The van der Waals surface area contributed by atoms with E-state index in [0.717, 1.165) is 16.8 Å². The number of Topliss-reactive ketones (excluding diaryl/α,β-unsaturated/α-hetero) is 1. The maximum absolute atomic E-state index is 12.9. The summed E-state index contributed by atoms with van der Waals surface area (Å²) in [5.41, 5.74) is 4.89. The fourth-order valence-electron chi connectivity index (χ4n) is 4.24. The molecule has 0 radical (unpaired) electrons. The third-order valence-electron chi connectivity index (χ3n) is 6.21. The van der Waals surface area contributed by atoms with E-state index in [1.807, 2.05) is 0 Å². The van der Waals surface area contributed by atoms with Crippen molar-refractivity contribution < 1.29 is 9.72 Å². The summed E-state index contributed by atoms with van der Waals surface area (Å²) in [7, 11) is 0. The number of hydrogen-bond donors (Lipinski definition) is 0. The normalized spacial score (nSPS) is 15.6. The van der Waals surface area contributed by atoms with E-state index in [9.17, 15) is 14.9 Å². The molecule has 34 heavy (non-hydrogen) atoms. The fourth-order valence-corrected chi connectivity index (χ4v) is 5.02. The number of nitro groups is 1. The Bertz CT molecular complexity index is 1380. The van der Waals surface area contributed by atoms with Gasteiger partial charge in [0.25, 0.3) is 11.5 Å². The van der Waals surface area contributed by atoms with Crippen LogP contribution in [0.25, 0.3) is 5.78 Å². The van der Waals surface area contributed by atoms with Gasteiger partial charge >= 0.3 is 0 Å². The second-order valence-electron chi connectivity index (χ2n) is 8.79. The van der Waals surface area contributed by atoms with Crippen molar-refractivity contribution in [2.75, 3.05) is 0 Å². The van der Waals surface area contributed by atoms with Crippen LogP contribution in [0.1, 0.15) is 64.8 Å². The van der Waals surface area contributed by atoms with Crippen molar-refractivity contribution in [1.82, 2.24) is 19.6 Å². The fraction of sp³-hybridized carbons (Fsp3) is 0.280. The zero-order valence-electron chi connectivity index (χ0n) is 18.8. The average Bonchev–Trinajstić information content (AvgIpc) is 3.27. The van der Waals surface area contributed by atoms with Crippen LogP contribution >= 0.6 is 11.8 Å². The molecule has 8 nitrogen and oxygen atoms in total. The van der Waals surface area contributed by atoms with Crippen LogP contribution in [0.5, 0.6) is 0 Å². The number of nitro benzene ring substituents is 1. The molecular formula is C25H23N5O3S. The van der Waals surface area contributed by atoms with Crippen molar-refractivity contribution in [3.8, 4) is 0 Å². The molecule has 0 fully saturated rings. The largest absolute Gasteiger partial charge is 0.294 e. The molecular weight excluding hydrogens is 450 g/mol. The number of nitrogens with zero attached hydrogens (tertiary/aromatic N) is 5. The maximum atomic E-state index is 12.9. The lowest BCUT2D eigenvalue weighted by molar-refractivity contribution is -0.384. The average molecular weight is 474 g/mol. The molecule has 0 saturated heterocycles. The molecule has 0 saturated carbocycles. The molecule has 1 aliphatic rings. The Morgan fingerprint density at radius 1 is 1.12 bits per heavy atom. The molecule has 0 aliphatic heterocycles. The first-order valence-electron chi connectivity index (χ1n) is 11.1. The van der Waals surface area contributed by atoms with Gasteiger partial charge in [0.1, 0.15) is 0 Å². The molecule has 2 aromatic heterocycles. The van der Waals surface area contributed by atoms with Crippen molar-refractivity contribution in [1.29, 1.82) is 0 Å². The molecule has 2 aromatic carbocycles. The highest BCUT2D eigenvalue weighted by Gasteiger charge is 2.29. The van der Waals surface area contributed by atoms with Crippen molar-refractivity contribution >= 4 is 29.0 Å². The second kappa shape index (κ2) is 8.98. The van der Waals surface area contributed by atoms with Gasteiger partial charge in [-0.15, -0.1) is 5.10 Å². The molecule has 4 aromatic rings. The molecule has 0 N–H and O–H groups in total. The Hall–Kier alpha value is -3.59. The molecule has 0 bridgehead atoms. The minimum atomic E-state index is -0.414. The van der Waals surface area contributed by atoms with E-state index in [-0.39, 0.29) is 17.4 Å². The van der Waals surface area contributed by atoms with Gasteiger partial charge in [0.15, 0.2) is 5.78 Å². The third kappa shape index (κ3) is 4.31. The van der Waals surface area contributed by atoms with E-state index in [4.69, 9.17) is 0 Å². The van der Waals surface area contributed by atoms with Crippen LogP contribution in [-0.4, -0.2) is 30.3 Å². The predicted octanol–water partition coefficient (Wildman–Crippen LogP) is 5.36. The van der Waals surface area contributed by atoms with Crippen LogP contribution in [0, 0.1) is 10.1 Å². The molecule has 0 amide bonds. The van der Waals surface area contributed by atoms with Gasteiger partial charge in [-0.3, -0.25) is 14.9 Å². The highest BCUT2D eigenvalue weighted by Crippen LogP contribution is 2.33. The van der Waals surface area contributed by atoms with Crippen LogP contribution in [0.4, 0.5) is 5.69 Å². The maximum Gasteiger partial charge on any atom is 0.269 e. The molecule has 0 spiro atoms. The number of hydrogen-bond acceptors (Lipinski definition) is 7. The van der Waals surface area contributed by atoms with Crippen molar-refractivity contribution in [2.45, 2.75) is 49.4 Å². The summed E-state index contributed by atoms with van der Waals surface area (Å²) < 4.78 is 1.69. The summed E-state index contributed by atoms with van der Waals surface area (Å²) in [6, 6.07) is 15.0. The lowest BCUT2D eigenvalue weighted by Gasteiger charge is -2.24. The molecule has 2 heterocycles. The summed E-state index contributed by atoms with van der Waals surface area (Å²) in [6.07, 6.45) is 2.76. The number of fused-ring (bicyclic) bond motifs is 3. The van der Waals surface area contributed by atoms with Gasteiger partial charge in [0.05, 0.1) is 16.2 Å². The summed E-state index contributed by atoms with van der Waals surface area (Å²) in [5.74, 6) is 1.66. The number of rotatable bonds is 6. The highest BCUT2D eigenvalue weighted by atomic mass is 32.2. The standard InChI is InChI=1S/C25H23N5O3S/c1-15(2)17-5-7-18(8-6-17)19-11-22-21(23(31)12-19)13-26-24-27-25(28-29(22)24)34-14-16-3-9-20(10-4-16)30(32)33/h3-10,13,15,19H,11-12,14H2,1-2H3. The first kappa shape index (κ1) is 22.2. The Morgan fingerprint density at radius 3 is 2.53 bits per heavy atom. The SMILES string of the molecule is CC(C)c1ccc(C2CC(=O)c3cnc4nc(SCc5ccc([N+](=O)[O-])cc5)nn4c3C2)cc1. The quantitative estimate of drug-likeness (QED) is 0.211. The number of non-ortho nitro benzene ring substituents is 1. The Labute approximate surface area is 200 Å². The molecule has 5 rings (SSSR count). The highest BCUT2D eigenvalue weighted by molar-refractivity contribution is 7.98. The van der Waals surface area contributed by atoms with E-state index >= 15 is 0 Å². The molecule has 1 atom stereocenters. The minimum absolute atomic E-state index is 0.0634. The minimum Gasteiger partial charge on any atom is -0.294 e. The van der Waals surface area contributed by atoms with Crippen LogP contribution in [0.2, 0.25) is 0 Å². The zero-order chi connectivity index (χ0) is 23.8. The van der Waals surface area contributed by atoms with Crippen molar-refractivity contribution in [2.24, 2.45) is 0 Å². The first-order valence-corrected chi connectivity index (χ1v) is 12.1. The summed E-state index contributed by atoms with van der Waals surface area (Å²) in [4.78, 5) is 32.2. The van der Waals surface area contributed by atoms with E-state index in [0.29, 0.717) is 41.0 Å². The molecule has 172 valence electrons. The molecule has 1 aliphatic carbocycles. The van der Waals surface area contributed by atoms with E-state index in [2.05, 4.69) is 53.2 Å². The number of carbonyl (C=O) groups is 1. The molecule has 1 unspecified atom stereocenters. The Balaban J connectivity index is 1.38. The number of aromatic nitrogens is 4. The predicted molar refractivity (Wildman–Crippen MR) is 129 cm³/mol. The van der Waals surface area contributed by atoms with Gasteiger partial charge in [-0.25, -0.2) is 4.98 Å². The number of carbonyl (C=O) groups excluding carboxylic acids is 1. The monoisotopic (exact) mass is 473 g/mol. The van der Waals surface area contributed by atoms with Crippen LogP contribution < -0.4 is 0 Å². The molecule has 9 heteroatoms. The zero-order valence-corrected chi connectivity index (χ0v) is 19.7. The lowest BCUT2D eigenvalue weighted by Crippen LogP contribution is -2.22. The van der Waals surface area contributed by atoms with Crippen LogP contribution in [0.3, 0.4) is 0 Å². The van der Waals surface area contributed by atoms with Crippen molar-refractivity contribution in [3.63, 3.8) is 0 Å². The number of benzene rings is 2. The smallest absolute Gasteiger partial charge is 0.269 e. The topological polar surface area (TPSA) is 103 Å². The van der Waals surface area contributed by atoms with E-state index in [1.165, 1.54) is 29.5 Å². The van der Waals surface area contributed by atoms with Gasteiger partial charge in [-0.1, -0.05) is 62.0 Å². The Morgan fingerprint density at radius 2 is 1.85 bits per heavy atom. The second-order valence-corrected chi connectivity index (χ2v) is 9.73. The lowest BCUT2D eigenvalue weighted by atomic mass is 9.81. The summed E-state index contributed by atoms with van der Waals surface area (Å²) in [5, 5.41) is 16.0. The van der Waals surface area contributed by atoms with Gasteiger partial charge < -0.3 is 0 Å². The van der Waals surface area contributed by atoms with Crippen LogP contribution in [0.15, 0.2) is 59.9 Å². The van der Waals surface area contributed by atoms with Gasteiger partial charge in [-0.05, 0) is 34.9 Å². The van der Waals surface area contributed by atoms with Crippen LogP contribution in [-0.2, 0) is 12.2 Å².